The van der Waals surface area contributed by atoms with Crippen LogP contribution in [0.15, 0.2) is 6.33 Å². The highest BCUT2D eigenvalue weighted by molar-refractivity contribution is 6.20. The Morgan fingerprint density at radius 1 is 1.44 bits per heavy atom. The molecule has 4 nitrogen and oxygen atoms in total. The van der Waals surface area contributed by atoms with Gasteiger partial charge in [-0.05, 0) is 31.7 Å². The second kappa shape index (κ2) is 7.10. The lowest BCUT2D eigenvalue weighted by Crippen LogP contribution is -2.31. The Kier molecular flexibility index (Phi) is 5.45. The number of rotatable bonds is 6. The van der Waals surface area contributed by atoms with Crippen LogP contribution in [0.3, 0.4) is 0 Å². The lowest BCUT2D eigenvalue weighted by atomic mass is 9.89. The van der Waals surface area contributed by atoms with Crippen molar-refractivity contribution in [3.8, 4) is 0 Å². The van der Waals surface area contributed by atoms with Gasteiger partial charge in [0.2, 0.25) is 0 Å². The van der Waals surface area contributed by atoms with Gasteiger partial charge >= 0.3 is 0 Å². The number of hydrogen-bond donors (Lipinski definition) is 1. The Balaban J connectivity index is 1.75. The molecular weight excluding hydrogens is 248 g/mol. The third-order valence-corrected chi connectivity index (χ3v) is 4.21. The van der Waals surface area contributed by atoms with Crippen molar-refractivity contribution < 1.29 is 0 Å². The molecule has 1 aromatic heterocycles. The first-order valence-corrected chi connectivity index (χ1v) is 7.46. The summed E-state index contributed by atoms with van der Waals surface area (Å²) in [7, 11) is 0. The Bertz CT molecular complexity index is 353. The van der Waals surface area contributed by atoms with Crippen molar-refractivity contribution in [3.05, 3.63) is 12.2 Å². The molecule has 0 aliphatic heterocycles. The Labute approximate surface area is 114 Å². The number of hydrogen-bond acceptors (Lipinski definition) is 3. The number of halogens is 1. The van der Waals surface area contributed by atoms with Crippen LogP contribution < -0.4 is 5.32 Å². The van der Waals surface area contributed by atoms with Gasteiger partial charge in [0.1, 0.15) is 12.2 Å². The molecule has 0 saturated heterocycles. The van der Waals surface area contributed by atoms with Gasteiger partial charge in [-0.15, -0.1) is 11.6 Å². The zero-order valence-corrected chi connectivity index (χ0v) is 11.9. The first kappa shape index (κ1) is 13.8. The van der Waals surface area contributed by atoms with Crippen molar-refractivity contribution in [1.82, 2.24) is 20.1 Å². The molecule has 1 N–H and O–H groups in total. The molecule has 1 fully saturated rings. The van der Waals surface area contributed by atoms with Crippen LogP contribution in [0.5, 0.6) is 0 Å². The van der Waals surface area contributed by atoms with E-state index in [0.29, 0.717) is 11.3 Å². The molecule has 0 amide bonds. The molecular formula is C13H23ClN4. The minimum absolute atomic E-state index is 0.347. The summed E-state index contributed by atoms with van der Waals surface area (Å²) in [5, 5.41) is 8.05. The van der Waals surface area contributed by atoms with Gasteiger partial charge in [0.25, 0.3) is 0 Å². The quantitative estimate of drug-likeness (QED) is 0.808. The summed E-state index contributed by atoms with van der Waals surface area (Å²) < 4.78 is 1.98. The molecule has 5 heteroatoms. The highest BCUT2D eigenvalue weighted by atomic mass is 35.5. The van der Waals surface area contributed by atoms with Gasteiger partial charge in [-0.3, -0.25) is 0 Å². The van der Waals surface area contributed by atoms with Gasteiger partial charge in [-0.2, -0.15) is 5.10 Å². The van der Waals surface area contributed by atoms with Crippen molar-refractivity contribution in [2.45, 2.75) is 57.5 Å². The number of nitrogens with one attached hydrogen (secondary N) is 1. The van der Waals surface area contributed by atoms with Crippen molar-refractivity contribution in [3.63, 3.8) is 0 Å². The molecule has 102 valence electrons. The molecule has 1 aliphatic carbocycles. The summed E-state index contributed by atoms with van der Waals surface area (Å²) >= 11 is 6.35. The Hall–Kier alpha value is -0.610. The number of nitrogens with zero attached hydrogens (tertiary/aromatic N) is 3. The lowest BCUT2D eigenvalue weighted by molar-refractivity contribution is 0.346. The van der Waals surface area contributed by atoms with Crippen LogP contribution in [0.25, 0.3) is 0 Å². The Morgan fingerprint density at radius 3 is 3.06 bits per heavy atom. The van der Waals surface area contributed by atoms with E-state index in [2.05, 4.69) is 22.3 Å². The zero-order chi connectivity index (χ0) is 12.8. The maximum atomic E-state index is 6.35. The van der Waals surface area contributed by atoms with Gasteiger partial charge < -0.3 is 5.32 Å². The van der Waals surface area contributed by atoms with Crippen LogP contribution in [0.4, 0.5) is 0 Å². The molecule has 18 heavy (non-hydrogen) atoms. The second-order valence-corrected chi connectivity index (χ2v) is 5.65. The van der Waals surface area contributed by atoms with E-state index in [1.54, 1.807) is 6.33 Å². The summed E-state index contributed by atoms with van der Waals surface area (Å²) in [5.41, 5.74) is 0. The van der Waals surface area contributed by atoms with E-state index in [0.717, 1.165) is 31.9 Å². The highest BCUT2D eigenvalue weighted by Crippen LogP contribution is 2.27. The minimum Gasteiger partial charge on any atom is -0.310 e. The van der Waals surface area contributed by atoms with E-state index < -0.39 is 0 Å². The predicted octanol–water partition coefficient (Wildman–Crippen LogP) is 2.58. The van der Waals surface area contributed by atoms with Crippen LogP contribution >= 0.6 is 11.6 Å². The standard InChI is InChI=1S/C13H23ClN4/c1-2-7-18-13(16-10-17-18)9-15-8-11-5-3-4-6-12(11)14/h10-12,15H,2-9H2,1H3. The van der Waals surface area contributed by atoms with E-state index in [9.17, 15) is 0 Å². The molecule has 1 heterocycles. The fourth-order valence-electron chi connectivity index (χ4n) is 2.59. The Morgan fingerprint density at radius 2 is 2.28 bits per heavy atom. The monoisotopic (exact) mass is 270 g/mol. The molecule has 1 aromatic rings. The molecule has 2 atom stereocenters. The SMILES string of the molecule is CCCn1ncnc1CNCC1CCCCC1Cl. The highest BCUT2D eigenvalue weighted by Gasteiger charge is 2.22. The van der Waals surface area contributed by atoms with Crippen molar-refractivity contribution in [1.29, 1.82) is 0 Å². The molecule has 0 aromatic carbocycles. The maximum Gasteiger partial charge on any atom is 0.140 e. The number of aromatic nitrogens is 3. The van der Waals surface area contributed by atoms with Crippen LogP contribution in [-0.4, -0.2) is 26.7 Å². The fraction of sp³-hybridized carbons (Fsp3) is 0.846. The van der Waals surface area contributed by atoms with Gasteiger partial charge in [0, 0.05) is 11.9 Å². The molecule has 0 spiro atoms. The van der Waals surface area contributed by atoms with Crippen LogP contribution in [0, 0.1) is 5.92 Å². The fourth-order valence-corrected chi connectivity index (χ4v) is 2.95. The average molecular weight is 271 g/mol. The lowest BCUT2D eigenvalue weighted by Gasteiger charge is -2.27. The van der Waals surface area contributed by atoms with Gasteiger partial charge in [0.15, 0.2) is 0 Å². The van der Waals surface area contributed by atoms with Crippen LogP contribution in [0.2, 0.25) is 0 Å². The zero-order valence-electron chi connectivity index (χ0n) is 11.1. The molecule has 0 bridgehead atoms. The van der Waals surface area contributed by atoms with Crippen LogP contribution in [-0.2, 0) is 13.1 Å². The largest absolute Gasteiger partial charge is 0.310 e. The van der Waals surface area contributed by atoms with E-state index in [1.807, 2.05) is 4.68 Å². The normalized spacial score (nSPS) is 24.3. The third-order valence-electron chi connectivity index (χ3n) is 3.64. The molecule has 0 radical (unpaired) electrons. The van der Waals surface area contributed by atoms with Crippen molar-refractivity contribution in [2.24, 2.45) is 5.92 Å². The van der Waals surface area contributed by atoms with Gasteiger partial charge in [-0.25, -0.2) is 9.67 Å². The topological polar surface area (TPSA) is 42.7 Å². The van der Waals surface area contributed by atoms with Crippen LogP contribution in [0.1, 0.15) is 44.9 Å². The summed E-state index contributed by atoms with van der Waals surface area (Å²) in [6.07, 6.45) is 7.75. The van der Waals surface area contributed by atoms with E-state index in [4.69, 9.17) is 11.6 Å². The summed E-state index contributed by atoms with van der Waals surface area (Å²) in [6, 6.07) is 0. The second-order valence-electron chi connectivity index (χ2n) is 5.09. The maximum absolute atomic E-state index is 6.35. The van der Waals surface area contributed by atoms with E-state index in [1.165, 1.54) is 25.7 Å². The van der Waals surface area contributed by atoms with E-state index in [-0.39, 0.29) is 0 Å². The number of aryl methyl sites for hydroxylation is 1. The molecule has 2 rings (SSSR count). The van der Waals surface area contributed by atoms with Crippen molar-refractivity contribution >= 4 is 11.6 Å². The molecule has 1 saturated carbocycles. The summed E-state index contributed by atoms with van der Waals surface area (Å²) in [5.74, 6) is 1.64. The number of alkyl halides is 1. The minimum atomic E-state index is 0.347. The van der Waals surface area contributed by atoms with Gasteiger partial charge in [0.05, 0.1) is 6.54 Å². The average Bonchev–Trinajstić information content (AvgIpc) is 2.80. The summed E-state index contributed by atoms with van der Waals surface area (Å²) in [6.45, 7) is 4.88. The first-order valence-electron chi connectivity index (χ1n) is 7.02. The van der Waals surface area contributed by atoms with Gasteiger partial charge in [-0.1, -0.05) is 19.8 Å². The predicted molar refractivity (Wildman–Crippen MR) is 73.6 cm³/mol. The third kappa shape index (κ3) is 3.69. The van der Waals surface area contributed by atoms with E-state index >= 15 is 0 Å². The summed E-state index contributed by atoms with van der Waals surface area (Å²) in [4.78, 5) is 4.29. The first-order chi connectivity index (χ1) is 8.81. The molecule has 2 unspecified atom stereocenters. The molecule has 1 aliphatic rings. The van der Waals surface area contributed by atoms with Crippen molar-refractivity contribution in [2.75, 3.05) is 6.54 Å². The smallest absolute Gasteiger partial charge is 0.140 e.